The van der Waals surface area contributed by atoms with Crippen molar-refractivity contribution in [3.8, 4) is 28.6 Å². The first-order chi connectivity index (χ1) is 10.1. The van der Waals surface area contributed by atoms with Crippen LogP contribution in [0.3, 0.4) is 0 Å². The number of hydrogen-bond acceptors (Lipinski definition) is 5. The second-order valence-electron chi connectivity index (χ2n) is 4.54. The van der Waals surface area contributed by atoms with Crippen molar-refractivity contribution in [2.75, 3.05) is 7.11 Å². The van der Waals surface area contributed by atoms with Crippen molar-refractivity contribution in [2.45, 2.75) is 0 Å². The molecule has 0 saturated carbocycles. The number of hydrogen-bond donors (Lipinski definition) is 2. The maximum atomic E-state index is 12.1. The third-order valence-electron chi connectivity index (χ3n) is 3.17. The third-order valence-corrected chi connectivity index (χ3v) is 3.17. The molecule has 0 saturated heterocycles. The molecule has 0 aliphatic carbocycles. The Bertz CT molecular complexity index is 868. The van der Waals surface area contributed by atoms with E-state index in [-0.39, 0.29) is 57.5 Å². The minimum atomic E-state index is -0.375. The summed E-state index contributed by atoms with van der Waals surface area (Å²) in [6.07, 6.45) is 0. The van der Waals surface area contributed by atoms with Gasteiger partial charge in [0.2, 0.25) is 0 Å². The molecule has 6 heteroatoms. The van der Waals surface area contributed by atoms with Gasteiger partial charge in [0, 0.05) is 23.8 Å². The molecule has 0 radical (unpaired) electrons. The Morgan fingerprint density at radius 2 is 1.73 bits per heavy atom. The van der Waals surface area contributed by atoms with E-state index < -0.39 is 0 Å². The average Bonchev–Trinajstić information content (AvgIpc) is 2.46. The van der Waals surface area contributed by atoms with Crippen LogP contribution in [-0.4, -0.2) is 46.9 Å². The van der Waals surface area contributed by atoms with Gasteiger partial charge < -0.3 is 19.4 Å². The number of phenols is 2. The summed E-state index contributed by atoms with van der Waals surface area (Å²) in [6, 6.07) is 10.7. The van der Waals surface area contributed by atoms with Gasteiger partial charge in [-0.05, 0) is 24.3 Å². The molecule has 108 valence electrons. The zero-order valence-corrected chi connectivity index (χ0v) is 11.2. The zero-order valence-electron chi connectivity index (χ0n) is 11.2. The standard InChI is InChI=1S/C16H12O5.Na.H/c1-20-11-4-2-9(3-5-11)14-8-13(19)16-12(18)6-10(17)7-15(16)21-14;;/h2-8,17-18H,1H3;;. The second kappa shape index (κ2) is 6.44. The van der Waals surface area contributed by atoms with Crippen molar-refractivity contribution in [3.63, 3.8) is 0 Å². The van der Waals surface area contributed by atoms with E-state index in [0.717, 1.165) is 6.07 Å². The fourth-order valence-electron chi connectivity index (χ4n) is 2.15. The van der Waals surface area contributed by atoms with Gasteiger partial charge in [-0.2, -0.15) is 0 Å². The Morgan fingerprint density at radius 1 is 1.05 bits per heavy atom. The Balaban J connectivity index is 0.00000176. The maximum absolute atomic E-state index is 12.1. The van der Waals surface area contributed by atoms with Gasteiger partial charge in [-0.15, -0.1) is 0 Å². The Hall–Kier alpha value is -1.95. The Kier molecular flexibility index (Phi) is 4.81. The number of benzene rings is 2. The summed E-state index contributed by atoms with van der Waals surface area (Å²) in [7, 11) is 1.57. The predicted molar refractivity (Wildman–Crippen MR) is 85.0 cm³/mol. The van der Waals surface area contributed by atoms with Gasteiger partial charge in [-0.3, -0.25) is 4.79 Å². The van der Waals surface area contributed by atoms with Crippen LogP contribution in [0.2, 0.25) is 0 Å². The van der Waals surface area contributed by atoms with Crippen LogP contribution in [0, 0.1) is 0 Å². The van der Waals surface area contributed by atoms with Crippen LogP contribution >= 0.6 is 0 Å². The van der Waals surface area contributed by atoms with Crippen LogP contribution in [-0.2, 0) is 0 Å². The van der Waals surface area contributed by atoms with Crippen molar-refractivity contribution in [1.29, 1.82) is 0 Å². The first-order valence-electron chi connectivity index (χ1n) is 6.23. The number of phenolic OH excluding ortho intramolecular Hbond substituents is 2. The van der Waals surface area contributed by atoms with Crippen LogP contribution in [0.5, 0.6) is 17.2 Å². The van der Waals surface area contributed by atoms with Crippen LogP contribution in [0.15, 0.2) is 51.7 Å². The van der Waals surface area contributed by atoms with E-state index in [1.807, 2.05) is 0 Å². The van der Waals surface area contributed by atoms with Gasteiger partial charge in [-0.25, -0.2) is 0 Å². The summed E-state index contributed by atoms with van der Waals surface area (Å²) in [5.41, 5.74) is 0.447. The third kappa shape index (κ3) is 2.97. The summed E-state index contributed by atoms with van der Waals surface area (Å²) < 4.78 is 10.7. The van der Waals surface area contributed by atoms with Crippen LogP contribution < -0.4 is 10.2 Å². The van der Waals surface area contributed by atoms with Crippen LogP contribution in [0.25, 0.3) is 22.3 Å². The molecule has 3 rings (SSSR count). The van der Waals surface area contributed by atoms with Crippen molar-refractivity contribution < 1.29 is 19.4 Å². The van der Waals surface area contributed by atoms with E-state index in [0.29, 0.717) is 17.1 Å². The minimum absolute atomic E-state index is 0. The van der Waals surface area contributed by atoms with E-state index in [9.17, 15) is 15.0 Å². The molecule has 0 spiro atoms. The van der Waals surface area contributed by atoms with Gasteiger partial charge in [0.05, 0.1) is 7.11 Å². The summed E-state index contributed by atoms with van der Waals surface area (Å²) >= 11 is 0. The van der Waals surface area contributed by atoms with Gasteiger partial charge in [0.15, 0.2) is 5.43 Å². The molecule has 0 fully saturated rings. The number of ether oxygens (including phenoxy) is 1. The first kappa shape index (κ1) is 16.4. The van der Waals surface area contributed by atoms with E-state index >= 15 is 0 Å². The molecule has 0 unspecified atom stereocenters. The molecule has 22 heavy (non-hydrogen) atoms. The van der Waals surface area contributed by atoms with Crippen molar-refractivity contribution in [2.24, 2.45) is 0 Å². The SMILES string of the molecule is COc1ccc(-c2cc(=O)c3c(O)cc(O)cc3o2)cc1.[NaH]. The molecule has 1 aromatic heterocycles. The Labute approximate surface area is 148 Å². The summed E-state index contributed by atoms with van der Waals surface area (Å²) in [5, 5.41) is 19.3. The van der Waals surface area contributed by atoms with E-state index in [4.69, 9.17) is 9.15 Å². The molecule has 0 aliphatic heterocycles. The second-order valence-corrected chi connectivity index (χ2v) is 4.54. The Morgan fingerprint density at radius 3 is 2.36 bits per heavy atom. The molecule has 3 aromatic rings. The van der Waals surface area contributed by atoms with Crippen LogP contribution in [0.1, 0.15) is 0 Å². The van der Waals surface area contributed by atoms with E-state index in [2.05, 4.69) is 0 Å². The number of fused-ring (bicyclic) bond motifs is 1. The van der Waals surface area contributed by atoms with E-state index in [1.54, 1.807) is 31.4 Å². The normalized spacial score (nSPS) is 10.2. The molecule has 0 amide bonds. The monoisotopic (exact) mass is 308 g/mol. The summed E-state index contributed by atoms with van der Waals surface area (Å²) in [6.45, 7) is 0. The van der Waals surface area contributed by atoms with Crippen LogP contribution in [0.4, 0.5) is 0 Å². The molecular weight excluding hydrogens is 295 g/mol. The molecule has 0 atom stereocenters. The zero-order chi connectivity index (χ0) is 15.0. The van der Waals surface area contributed by atoms with Gasteiger partial charge in [0.1, 0.15) is 34.0 Å². The molecule has 2 N–H and O–H groups in total. The van der Waals surface area contributed by atoms with Crippen molar-refractivity contribution in [1.82, 2.24) is 0 Å². The van der Waals surface area contributed by atoms with Gasteiger partial charge in [-0.1, -0.05) is 0 Å². The number of aromatic hydroxyl groups is 2. The first-order valence-corrected chi connectivity index (χ1v) is 6.23. The molecule has 0 aliphatic rings. The topological polar surface area (TPSA) is 79.9 Å². The predicted octanol–water partition coefficient (Wildman–Crippen LogP) is 2.23. The fraction of sp³-hybridized carbons (Fsp3) is 0.0625. The van der Waals surface area contributed by atoms with Crippen molar-refractivity contribution in [3.05, 3.63) is 52.7 Å². The number of rotatable bonds is 2. The van der Waals surface area contributed by atoms with Crippen molar-refractivity contribution >= 4 is 40.5 Å². The molecule has 5 nitrogen and oxygen atoms in total. The van der Waals surface area contributed by atoms with Gasteiger partial charge in [0.25, 0.3) is 0 Å². The fourth-order valence-corrected chi connectivity index (χ4v) is 2.15. The summed E-state index contributed by atoms with van der Waals surface area (Å²) in [4.78, 5) is 12.1. The molecular formula is C16H13NaO5. The quantitative estimate of drug-likeness (QED) is 0.710. The molecule has 1 heterocycles. The van der Waals surface area contributed by atoms with Gasteiger partial charge >= 0.3 is 29.6 Å². The summed E-state index contributed by atoms with van der Waals surface area (Å²) in [5.74, 6) is 0.562. The number of methoxy groups -OCH3 is 1. The molecule has 2 aromatic carbocycles. The average molecular weight is 308 g/mol. The van der Waals surface area contributed by atoms with E-state index in [1.165, 1.54) is 12.1 Å². The molecule has 0 bridgehead atoms.